The minimum absolute atomic E-state index is 0.121. The molecular weight excluding hydrogens is 358 g/mol. The topological polar surface area (TPSA) is 29.1 Å². The second kappa shape index (κ2) is 6.71. The van der Waals surface area contributed by atoms with Crippen LogP contribution in [0.2, 0.25) is 0 Å². The lowest BCUT2D eigenvalue weighted by Crippen LogP contribution is -2.29. The molecule has 4 heteroatoms. The van der Waals surface area contributed by atoms with Crippen LogP contribution < -0.4 is 5.32 Å². The summed E-state index contributed by atoms with van der Waals surface area (Å²) in [5, 5.41) is 3.04. The van der Waals surface area contributed by atoms with Gasteiger partial charge in [-0.05, 0) is 42.9 Å². The molecule has 2 unspecified atom stereocenters. The van der Waals surface area contributed by atoms with Crippen LogP contribution in [0.4, 0.5) is 0 Å². The molecule has 0 aromatic heterocycles. The van der Waals surface area contributed by atoms with Crippen LogP contribution in [0.1, 0.15) is 24.8 Å². The summed E-state index contributed by atoms with van der Waals surface area (Å²) in [5.41, 5.74) is 1.06. The van der Waals surface area contributed by atoms with E-state index in [0.29, 0.717) is 17.2 Å². The summed E-state index contributed by atoms with van der Waals surface area (Å²) < 4.78 is 1.04. The van der Waals surface area contributed by atoms with Crippen molar-refractivity contribution in [2.75, 3.05) is 6.54 Å². The van der Waals surface area contributed by atoms with Gasteiger partial charge in [-0.1, -0.05) is 44.0 Å². The smallest absolute Gasteiger partial charge is 0.224 e. The van der Waals surface area contributed by atoms with Crippen molar-refractivity contribution < 1.29 is 4.79 Å². The number of amides is 1. The summed E-state index contributed by atoms with van der Waals surface area (Å²) in [5.74, 6) is 0.763. The highest BCUT2D eigenvalue weighted by Crippen LogP contribution is 2.29. The molecule has 98 valence electrons. The van der Waals surface area contributed by atoms with Gasteiger partial charge in [-0.25, -0.2) is 0 Å². The Kier molecular flexibility index (Phi) is 5.25. The molecule has 0 radical (unpaired) electrons. The Balaban J connectivity index is 1.73. The number of rotatable bonds is 4. The zero-order chi connectivity index (χ0) is 13.0. The van der Waals surface area contributed by atoms with E-state index in [1.807, 2.05) is 24.3 Å². The molecule has 2 rings (SSSR count). The van der Waals surface area contributed by atoms with Crippen molar-refractivity contribution in [3.05, 3.63) is 34.3 Å². The summed E-state index contributed by atoms with van der Waals surface area (Å²) in [6.07, 6.45) is 4.10. The predicted octanol–water partition coefficient (Wildman–Crippen LogP) is 3.67. The van der Waals surface area contributed by atoms with Gasteiger partial charge in [0.15, 0.2) is 0 Å². The van der Waals surface area contributed by atoms with Gasteiger partial charge < -0.3 is 5.32 Å². The lowest BCUT2D eigenvalue weighted by molar-refractivity contribution is -0.120. The molecule has 1 N–H and O–H groups in total. The largest absolute Gasteiger partial charge is 0.356 e. The Labute approximate surface area is 125 Å². The summed E-state index contributed by atoms with van der Waals surface area (Å²) in [6, 6.07) is 7.89. The third-order valence-corrected chi connectivity index (χ3v) is 4.70. The van der Waals surface area contributed by atoms with Crippen molar-refractivity contribution in [3.8, 4) is 0 Å². The first kappa shape index (κ1) is 14.1. The number of hydrogen-bond acceptors (Lipinski definition) is 1. The number of carbonyl (C=O) groups excluding carboxylic acids is 1. The first-order valence-corrected chi connectivity index (χ1v) is 7.99. The van der Waals surface area contributed by atoms with Crippen LogP contribution in [0, 0.1) is 5.92 Å². The molecule has 2 atom stereocenters. The molecular formula is C14H17Br2NO. The van der Waals surface area contributed by atoms with Crippen molar-refractivity contribution in [2.24, 2.45) is 5.92 Å². The van der Waals surface area contributed by atoms with Crippen LogP contribution in [0.3, 0.4) is 0 Å². The van der Waals surface area contributed by atoms with Crippen LogP contribution in [0.25, 0.3) is 0 Å². The molecule has 0 heterocycles. The molecule has 0 aliphatic heterocycles. The van der Waals surface area contributed by atoms with Gasteiger partial charge in [0.1, 0.15) is 0 Å². The fourth-order valence-electron chi connectivity index (χ4n) is 2.31. The standard InChI is InChI=1S/C14H17Br2NO/c15-12-4-1-10(2-5-12)8-14(18)17-9-11-3-6-13(16)7-11/h1-2,4-5,11,13H,3,6-9H2,(H,17,18). The number of hydrogen-bond donors (Lipinski definition) is 1. The van der Waals surface area contributed by atoms with E-state index >= 15 is 0 Å². The predicted molar refractivity (Wildman–Crippen MR) is 80.9 cm³/mol. The van der Waals surface area contributed by atoms with Gasteiger partial charge in [0.25, 0.3) is 0 Å². The molecule has 1 amide bonds. The molecule has 1 fully saturated rings. The fraction of sp³-hybridized carbons (Fsp3) is 0.500. The van der Waals surface area contributed by atoms with Crippen molar-refractivity contribution >= 4 is 37.8 Å². The van der Waals surface area contributed by atoms with E-state index in [9.17, 15) is 4.79 Å². The molecule has 1 aromatic rings. The van der Waals surface area contributed by atoms with Gasteiger partial charge in [0.05, 0.1) is 6.42 Å². The molecule has 1 aromatic carbocycles. The molecule has 1 saturated carbocycles. The number of benzene rings is 1. The summed E-state index contributed by atoms with van der Waals surface area (Å²) in [4.78, 5) is 12.4. The van der Waals surface area contributed by atoms with Crippen molar-refractivity contribution in [3.63, 3.8) is 0 Å². The molecule has 0 bridgehead atoms. The lowest BCUT2D eigenvalue weighted by Gasteiger charge is -2.11. The van der Waals surface area contributed by atoms with Crippen LogP contribution in [-0.2, 0) is 11.2 Å². The van der Waals surface area contributed by atoms with Crippen LogP contribution in [-0.4, -0.2) is 17.3 Å². The Morgan fingerprint density at radius 2 is 2.00 bits per heavy atom. The van der Waals surface area contributed by atoms with Gasteiger partial charge in [0, 0.05) is 15.8 Å². The number of nitrogens with one attached hydrogen (secondary N) is 1. The molecule has 1 aliphatic rings. The van der Waals surface area contributed by atoms with Gasteiger partial charge >= 0.3 is 0 Å². The summed E-state index contributed by atoms with van der Waals surface area (Å²) in [7, 11) is 0. The molecule has 0 saturated heterocycles. The fourth-order valence-corrected chi connectivity index (χ4v) is 3.36. The van der Waals surface area contributed by atoms with Gasteiger partial charge in [-0.3, -0.25) is 4.79 Å². The second-order valence-electron chi connectivity index (χ2n) is 4.88. The van der Waals surface area contributed by atoms with E-state index in [1.165, 1.54) is 19.3 Å². The number of carbonyl (C=O) groups is 1. The monoisotopic (exact) mass is 373 g/mol. The number of halogens is 2. The Morgan fingerprint density at radius 3 is 2.61 bits per heavy atom. The maximum Gasteiger partial charge on any atom is 0.224 e. The van der Waals surface area contributed by atoms with Gasteiger partial charge in [-0.2, -0.15) is 0 Å². The normalized spacial score (nSPS) is 23.0. The van der Waals surface area contributed by atoms with E-state index in [4.69, 9.17) is 0 Å². The lowest BCUT2D eigenvalue weighted by atomic mass is 10.1. The van der Waals surface area contributed by atoms with E-state index in [2.05, 4.69) is 37.2 Å². The third kappa shape index (κ3) is 4.39. The minimum atomic E-state index is 0.121. The molecule has 0 spiro atoms. The van der Waals surface area contributed by atoms with E-state index in [1.54, 1.807) is 0 Å². The zero-order valence-electron chi connectivity index (χ0n) is 10.2. The quantitative estimate of drug-likeness (QED) is 0.800. The second-order valence-corrected chi connectivity index (χ2v) is 7.09. The maximum absolute atomic E-state index is 11.8. The van der Waals surface area contributed by atoms with Crippen molar-refractivity contribution in [1.82, 2.24) is 5.32 Å². The molecule has 2 nitrogen and oxygen atoms in total. The Bertz CT molecular complexity index is 405. The highest BCUT2D eigenvalue weighted by molar-refractivity contribution is 9.10. The first-order valence-electron chi connectivity index (χ1n) is 6.28. The van der Waals surface area contributed by atoms with E-state index < -0.39 is 0 Å². The Hall–Kier alpha value is -0.350. The summed E-state index contributed by atoms with van der Waals surface area (Å²) >= 11 is 7.02. The Morgan fingerprint density at radius 1 is 1.28 bits per heavy atom. The van der Waals surface area contributed by atoms with Crippen molar-refractivity contribution in [2.45, 2.75) is 30.5 Å². The number of alkyl halides is 1. The molecule has 18 heavy (non-hydrogen) atoms. The first-order chi connectivity index (χ1) is 8.63. The van der Waals surface area contributed by atoms with Gasteiger partial charge in [0.2, 0.25) is 5.91 Å². The van der Waals surface area contributed by atoms with Crippen molar-refractivity contribution in [1.29, 1.82) is 0 Å². The summed E-state index contributed by atoms with van der Waals surface area (Å²) in [6.45, 7) is 0.817. The third-order valence-electron chi connectivity index (χ3n) is 3.34. The highest BCUT2D eigenvalue weighted by atomic mass is 79.9. The van der Waals surface area contributed by atoms with Crippen LogP contribution >= 0.6 is 31.9 Å². The van der Waals surface area contributed by atoms with E-state index in [-0.39, 0.29) is 5.91 Å². The van der Waals surface area contributed by atoms with E-state index in [0.717, 1.165) is 16.6 Å². The average molecular weight is 375 g/mol. The van der Waals surface area contributed by atoms with Gasteiger partial charge in [-0.15, -0.1) is 0 Å². The highest BCUT2D eigenvalue weighted by Gasteiger charge is 2.22. The van der Waals surface area contributed by atoms with Crippen LogP contribution in [0.15, 0.2) is 28.7 Å². The molecule has 1 aliphatic carbocycles. The minimum Gasteiger partial charge on any atom is -0.356 e. The maximum atomic E-state index is 11.8. The van der Waals surface area contributed by atoms with Crippen LogP contribution in [0.5, 0.6) is 0 Å². The zero-order valence-corrected chi connectivity index (χ0v) is 13.3. The SMILES string of the molecule is O=C(Cc1ccc(Br)cc1)NCC1CCC(Br)C1. The average Bonchev–Trinajstić information content (AvgIpc) is 2.76.